The van der Waals surface area contributed by atoms with Gasteiger partial charge < -0.3 is 11.1 Å². The minimum atomic E-state index is -0.181. The fourth-order valence-corrected chi connectivity index (χ4v) is 1.69. The molecule has 0 radical (unpaired) electrons. The number of benzene rings is 1. The minimum Gasteiger partial charge on any atom is -0.399 e. The highest BCUT2D eigenvalue weighted by Gasteiger charge is 2.07. The summed E-state index contributed by atoms with van der Waals surface area (Å²) in [5.74, 6) is -0.181. The van der Waals surface area contributed by atoms with Gasteiger partial charge in [-0.15, -0.1) is 0 Å². The van der Waals surface area contributed by atoms with E-state index in [1.165, 1.54) is 4.68 Å². The maximum atomic E-state index is 11.8. The minimum absolute atomic E-state index is 0.113. The lowest BCUT2D eigenvalue weighted by atomic mass is 10.3. The Morgan fingerprint density at radius 2 is 2.33 bits per heavy atom. The maximum absolute atomic E-state index is 11.8. The summed E-state index contributed by atoms with van der Waals surface area (Å²) < 4.78 is 1.50. The van der Waals surface area contributed by atoms with Crippen molar-refractivity contribution in [3.05, 3.63) is 41.2 Å². The van der Waals surface area contributed by atoms with E-state index >= 15 is 0 Å². The summed E-state index contributed by atoms with van der Waals surface area (Å²) in [5.41, 5.74) is 7.59. The number of hydrogen-bond acceptors (Lipinski definition) is 3. The van der Waals surface area contributed by atoms with Crippen LogP contribution in [0.1, 0.15) is 5.69 Å². The fraction of sp³-hybridized carbons (Fsp3) is 0.167. The quantitative estimate of drug-likeness (QED) is 0.834. The first-order chi connectivity index (χ1) is 8.54. The molecule has 0 aliphatic rings. The number of carbonyl (C=O) groups is 1. The molecule has 1 aromatic heterocycles. The number of carbonyl (C=O) groups excluding carboxylic acids is 1. The summed E-state index contributed by atoms with van der Waals surface area (Å²) in [6, 6.07) is 7.00. The molecule has 1 heterocycles. The lowest BCUT2D eigenvalue weighted by Gasteiger charge is -2.05. The molecule has 0 aliphatic carbocycles. The average molecular weight is 265 g/mol. The Labute approximate surface area is 110 Å². The van der Waals surface area contributed by atoms with E-state index in [2.05, 4.69) is 10.4 Å². The van der Waals surface area contributed by atoms with Crippen molar-refractivity contribution in [3.63, 3.8) is 0 Å². The Bertz CT molecular complexity index is 560. The third-order valence-electron chi connectivity index (χ3n) is 2.36. The molecule has 94 valence electrons. The number of nitrogens with two attached hydrogens (primary N) is 1. The molecule has 0 spiro atoms. The van der Waals surface area contributed by atoms with E-state index in [1.54, 1.807) is 37.4 Å². The highest BCUT2D eigenvalue weighted by atomic mass is 35.5. The van der Waals surface area contributed by atoms with Gasteiger partial charge in [0, 0.05) is 17.6 Å². The van der Waals surface area contributed by atoms with Crippen molar-refractivity contribution >= 4 is 28.9 Å². The molecule has 18 heavy (non-hydrogen) atoms. The van der Waals surface area contributed by atoms with E-state index in [4.69, 9.17) is 17.3 Å². The van der Waals surface area contributed by atoms with E-state index in [0.29, 0.717) is 22.1 Å². The van der Waals surface area contributed by atoms with E-state index in [1.807, 2.05) is 0 Å². The van der Waals surface area contributed by atoms with Gasteiger partial charge in [0.05, 0.1) is 10.7 Å². The number of amides is 1. The van der Waals surface area contributed by atoms with Crippen molar-refractivity contribution in [1.29, 1.82) is 0 Å². The predicted octanol–water partition coefficient (Wildman–Crippen LogP) is 2.07. The number of aromatic nitrogens is 2. The standard InChI is InChI=1S/C12H13ClN4O/c1-8-11(13)6-17(16-8)7-12(18)15-10-4-2-3-9(14)5-10/h2-6H,7,14H2,1H3,(H,15,18). The highest BCUT2D eigenvalue weighted by Crippen LogP contribution is 2.13. The van der Waals surface area contributed by atoms with Crippen LogP contribution in [0.5, 0.6) is 0 Å². The monoisotopic (exact) mass is 264 g/mol. The number of anilines is 2. The zero-order valence-electron chi connectivity index (χ0n) is 9.85. The number of hydrogen-bond donors (Lipinski definition) is 2. The Morgan fingerprint density at radius 1 is 1.56 bits per heavy atom. The van der Waals surface area contributed by atoms with Crippen LogP contribution >= 0.6 is 11.6 Å². The topological polar surface area (TPSA) is 72.9 Å². The largest absolute Gasteiger partial charge is 0.399 e. The lowest BCUT2D eigenvalue weighted by molar-refractivity contribution is -0.116. The van der Waals surface area contributed by atoms with Gasteiger partial charge in [0.15, 0.2) is 0 Å². The van der Waals surface area contributed by atoms with Gasteiger partial charge in [-0.2, -0.15) is 5.10 Å². The van der Waals surface area contributed by atoms with Crippen LogP contribution in [0.25, 0.3) is 0 Å². The zero-order chi connectivity index (χ0) is 13.1. The van der Waals surface area contributed by atoms with Gasteiger partial charge in [0.25, 0.3) is 0 Å². The van der Waals surface area contributed by atoms with Crippen molar-refractivity contribution < 1.29 is 4.79 Å². The summed E-state index contributed by atoms with van der Waals surface area (Å²) in [6.07, 6.45) is 1.62. The zero-order valence-corrected chi connectivity index (χ0v) is 10.6. The van der Waals surface area contributed by atoms with Crippen molar-refractivity contribution in [2.75, 3.05) is 11.1 Å². The number of aryl methyl sites for hydroxylation is 1. The van der Waals surface area contributed by atoms with Crippen LogP contribution in [0.15, 0.2) is 30.5 Å². The van der Waals surface area contributed by atoms with Gasteiger partial charge in [-0.25, -0.2) is 0 Å². The summed E-state index contributed by atoms with van der Waals surface area (Å²) in [7, 11) is 0. The average Bonchev–Trinajstić information content (AvgIpc) is 2.57. The Hall–Kier alpha value is -2.01. The van der Waals surface area contributed by atoms with Gasteiger partial charge in [0.1, 0.15) is 6.54 Å². The SMILES string of the molecule is Cc1nn(CC(=O)Nc2cccc(N)c2)cc1Cl. The molecule has 0 atom stereocenters. The Balaban J connectivity index is 2.01. The van der Waals surface area contributed by atoms with E-state index in [9.17, 15) is 4.79 Å². The molecular formula is C12H13ClN4O. The van der Waals surface area contributed by atoms with Crippen LogP contribution in [-0.2, 0) is 11.3 Å². The molecule has 1 aromatic carbocycles. The summed E-state index contributed by atoms with van der Waals surface area (Å²) >= 11 is 5.86. The van der Waals surface area contributed by atoms with Crippen LogP contribution in [0.4, 0.5) is 11.4 Å². The first-order valence-corrected chi connectivity index (χ1v) is 5.77. The molecular weight excluding hydrogens is 252 g/mol. The Morgan fingerprint density at radius 3 is 2.94 bits per heavy atom. The smallest absolute Gasteiger partial charge is 0.246 e. The third kappa shape index (κ3) is 3.01. The van der Waals surface area contributed by atoms with Crippen LogP contribution < -0.4 is 11.1 Å². The summed E-state index contributed by atoms with van der Waals surface area (Å²) in [5, 5.41) is 7.39. The van der Waals surface area contributed by atoms with Gasteiger partial charge in [-0.05, 0) is 25.1 Å². The number of nitrogens with one attached hydrogen (secondary N) is 1. The van der Waals surface area contributed by atoms with Gasteiger partial charge in [-0.1, -0.05) is 17.7 Å². The lowest BCUT2D eigenvalue weighted by Crippen LogP contribution is -2.19. The molecule has 5 nitrogen and oxygen atoms in total. The number of halogens is 1. The molecule has 0 aliphatic heterocycles. The van der Waals surface area contributed by atoms with Crippen LogP contribution in [0.3, 0.4) is 0 Å². The van der Waals surface area contributed by atoms with Crippen molar-refractivity contribution in [3.8, 4) is 0 Å². The van der Waals surface area contributed by atoms with Crippen LogP contribution in [0.2, 0.25) is 5.02 Å². The van der Waals surface area contributed by atoms with E-state index in [-0.39, 0.29) is 12.5 Å². The van der Waals surface area contributed by atoms with E-state index < -0.39 is 0 Å². The maximum Gasteiger partial charge on any atom is 0.246 e. The number of nitrogens with zero attached hydrogens (tertiary/aromatic N) is 2. The molecule has 6 heteroatoms. The number of rotatable bonds is 3. The summed E-state index contributed by atoms with van der Waals surface area (Å²) in [4.78, 5) is 11.8. The van der Waals surface area contributed by atoms with Crippen LogP contribution in [0, 0.1) is 6.92 Å². The van der Waals surface area contributed by atoms with E-state index in [0.717, 1.165) is 0 Å². The van der Waals surface area contributed by atoms with Crippen molar-refractivity contribution in [2.24, 2.45) is 0 Å². The van der Waals surface area contributed by atoms with Gasteiger partial charge >= 0.3 is 0 Å². The molecule has 2 rings (SSSR count). The molecule has 0 unspecified atom stereocenters. The first-order valence-electron chi connectivity index (χ1n) is 5.39. The predicted molar refractivity (Wildman–Crippen MR) is 71.5 cm³/mol. The molecule has 0 saturated carbocycles. The third-order valence-corrected chi connectivity index (χ3v) is 2.73. The summed E-state index contributed by atoms with van der Waals surface area (Å²) in [6.45, 7) is 1.90. The molecule has 3 N–H and O–H groups in total. The van der Waals surface area contributed by atoms with Crippen molar-refractivity contribution in [1.82, 2.24) is 9.78 Å². The molecule has 0 bridgehead atoms. The normalized spacial score (nSPS) is 10.3. The second-order valence-corrected chi connectivity index (χ2v) is 4.34. The highest BCUT2D eigenvalue weighted by molar-refractivity contribution is 6.31. The fourth-order valence-electron chi connectivity index (χ4n) is 1.54. The Kier molecular flexibility index (Phi) is 3.53. The van der Waals surface area contributed by atoms with Gasteiger partial charge in [0.2, 0.25) is 5.91 Å². The second kappa shape index (κ2) is 5.10. The molecule has 2 aromatic rings. The molecule has 1 amide bonds. The first kappa shape index (κ1) is 12.4. The van der Waals surface area contributed by atoms with Crippen molar-refractivity contribution in [2.45, 2.75) is 13.5 Å². The van der Waals surface area contributed by atoms with Crippen LogP contribution in [-0.4, -0.2) is 15.7 Å². The molecule has 0 saturated heterocycles. The number of nitrogen functional groups attached to an aromatic ring is 1. The second-order valence-electron chi connectivity index (χ2n) is 3.93. The molecule has 0 fully saturated rings. The van der Waals surface area contributed by atoms with Gasteiger partial charge in [-0.3, -0.25) is 9.48 Å².